The molecule has 12 aromatic rings. The Labute approximate surface area is 346 Å². The third kappa shape index (κ3) is 5.52. The summed E-state index contributed by atoms with van der Waals surface area (Å²) in [4.78, 5) is 14.9. The fraction of sp³-hybridized carbons (Fsp3) is 0. The minimum atomic E-state index is 0.632. The smallest absolute Gasteiger partial charge is 0.164 e. The van der Waals surface area contributed by atoms with Crippen LogP contribution in [0.3, 0.4) is 0 Å². The molecular weight excluding hydrogens is 731 g/mol. The zero-order chi connectivity index (χ0) is 39.6. The molecule has 0 aliphatic carbocycles. The summed E-state index contributed by atoms with van der Waals surface area (Å²) >= 11 is 0. The molecule has 0 saturated carbocycles. The minimum absolute atomic E-state index is 0.632. The number of hydrogen-bond acceptors (Lipinski definition) is 3. The Morgan fingerprint density at radius 2 is 0.717 bits per heavy atom. The maximum atomic E-state index is 4.99. The summed E-state index contributed by atoms with van der Waals surface area (Å²) in [6.45, 7) is 0. The first-order chi connectivity index (χ1) is 29.7. The van der Waals surface area contributed by atoms with E-state index < -0.39 is 0 Å². The Balaban J connectivity index is 1.04. The van der Waals surface area contributed by atoms with Crippen molar-refractivity contribution in [3.05, 3.63) is 212 Å². The molecule has 0 amide bonds. The van der Waals surface area contributed by atoms with E-state index in [0.717, 1.165) is 39.1 Å². The van der Waals surface area contributed by atoms with Crippen LogP contribution in [0.2, 0.25) is 0 Å². The second kappa shape index (κ2) is 13.8. The van der Waals surface area contributed by atoms with Crippen LogP contribution in [-0.2, 0) is 0 Å². The first-order valence-electron chi connectivity index (χ1n) is 20.3. The maximum Gasteiger partial charge on any atom is 0.164 e. The van der Waals surface area contributed by atoms with Gasteiger partial charge in [0.05, 0.1) is 22.1 Å². The average molecular weight is 766 g/mol. The maximum absolute atomic E-state index is 4.99. The zero-order valence-electron chi connectivity index (χ0n) is 32.4. The lowest BCUT2D eigenvalue weighted by molar-refractivity contribution is 1.07. The van der Waals surface area contributed by atoms with Gasteiger partial charge in [0.25, 0.3) is 0 Å². The van der Waals surface area contributed by atoms with E-state index in [-0.39, 0.29) is 0 Å². The van der Waals surface area contributed by atoms with Crippen LogP contribution in [0.1, 0.15) is 0 Å². The van der Waals surface area contributed by atoms with Crippen molar-refractivity contribution in [3.63, 3.8) is 0 Å². The lowest BCUT2D eigenvalue weighted by atomic mass is 10.0. The van der Waals surface area contributed by atoms with Crippen LogP contribution in [0, 0.1) is 0 Å². The lowest BCUT2D eigenvalue weighted by Gasteiger charge is -2.12. The van der Waals surface area contributed by atoms with Gasteiger partial charge in [-0.1, -0.05) is 146 Å². The van der Waals surface area contributed by atoms with Gasteiger partial charge in [-0.25, -0.2) is 15.0 Å². The number of rotatable bonds is 6. The summed E-state index contributed by atoms with van der Waals surface area (Å²) in [7, 11) is 0. The SMILES string of the molecule is c1ccc(-c2ccc3c(c2)c2cc(-n4c5ccccc5c5c6ccccc6ccc54)ccc2n3-c2ccc(-c3nc(-c4ccccc4)nc(-c4ccccc4)n3)cc2)cc1. The Morgan fingerprint density at radius 1 is 0.267 bits per heavy atom. The molecule has 0 N–H and O–H groups in total. The lowest BCUT2D eigenvalue weighted by Crippen LogP contribution is -2.00. The van der Waals surface area contributed by atoms with E-state index in [1.165, 1.54) is 54.5 Å². The van der Waals surface area contributed by atoms with Crippen molar-refractivity contribution in [2.75, 3.05) is 0 Å². The van der Waals surface area contributed by atoms with Gasteiger partial charge < -0.3 is 9.13 Å². The molecule has 0 fully saturated rings. The molecule has 9 aromatic carbocycles. The summed E-state index contributed by atoms with van der Waals surface area (Å²) < 4.78 is 4.81. The van der Waals surface area contributed by atoms with Crippen LogP contribution in [-0.4, -0.2) is 24.1 Å². The molecule has 0 bridgehead atoms. The van der Waals surface area contributed by atoms with Gasteiger partial charge in [-0.15, -0.1) is 0 Å². The van der Waals surface area contributed by atoms with E-state index in [1.807, 2.05) is 60.7 Å². The quantitative estimate of drug-likeness (QED) is 0.169. The largest absolute Gasteiger partial charge is 0.309 e. The number of nitrogens with zero attached hydrogens (tertiary/aromatic N) is 5. The van der Waals surface area contributed by atoms with Crippen LogP contribution in [0.15, 0.2) is 212 Å². The number of para-hydroxylation sites is 1. The van der Waals surface area contributed by atoms with Crippen molar-refractivity contribution in [2.45, 2.75) is 0 Å². The molecule has 12 rings (SSSR count). The van der Waals surface area contributed by atoms with Crippen LogP contribution in [0.4, 0.5) is 0 Å². The monoisotopic (exact) mass is 765 g/mol. The Bertz CT molecular complexity index is 3510. The number of fused-ring (bicyclic) bond motifs is 8. The predicted octanol–water partition coefficient (Wildman–Crippen LogP) is 13.9. The number of aromatic nitrogens is 5. The molecule has 280 valence electrons. The number of hydrogen-bond donors (Lipinski definition) is 0. The van der Waals surface area contributed by atoms with Gasteiger partial charge in [0.15, 0.2) is 17.5 Å². The van der Waals surface area contributed by atoms with Gasteiger partial charge in [-0.2, -0.15) is 0 Å². The normalized spacial score (nSPS) is 11.7. The van der Waals surface area contributed by atoms with Crippen LogP contribution < -0.4 is 0 Å². The highest BCUT2D eigenvalue weighted by Crippen LogP contribution is 2.40. The molecule has 60 heavy (non-hydrogen) atoms. The zero-order valence-corrected chi connectivity index (χ0v) is 32.4. The van der Waals surface area contributed by atoms with Crippen molar-refractivity contribution in [2.24, 2.45) is 0 Å². The summed E-state index contributed by atoms with van der Waals surface area (Å²) in [5.74, 6) is 1.92. The predicted molar refractivity (Wildman–Crippen MR) is 248 cm³/mol. The fourth-order valence-electron chi connectivity index (χ4n) is 8.95. The van der Waals surface area contributed by atoms with Crippen molar-refractivity contribution in [1.82, 2.24) is 24.1 Å². The van der Waals surface area contributed by atoms with E-state index in [4.69, 9.17) is 15.0 Å². The standard InChI is InChI=1S/C55H35N5/c1-4-14-36(15-5-1)41-27-31-49-46(34-41)47-35-43(60-48-23-13-12-22-45(48)52-44-21-11-10-16-37(44)26-32-51(52)60)30-33-50(47)59(49)42-28-24-40(25-29-42)55-57-53(38-17-6-2-7-18-38)56-54(58-55)39-19-8-3-9-20-39/h1-35H. The fourth-order valence-corrected chi connectivity index (χ4v) is 8.95. The van der Waals surface area contributed by atoms with E-state index in [0.29, 0.717) is 17.5 Å². The van der Waals surface area contributed by atoms with Gasteiger partial charge in [0, 0.05) is 49.6 Å². The van der Waals surface area contributed by atoms with Crippen LogP contribution >= 0.6 is 0 Å². The minimum Gasteiger partial charge on any atom is -0.309 e. The average Bonchev–Trinajstić information content (AvgIpc) is 3.85. The molecule has 0 spiro atoms. The second-order valence-corrected chi connectivity index (χ2v) is 15.3. The molecular formula is C55H35N5. The van der Waals surface area contributed by atoms with Gasteiger partial charge in [0.1, 0.15) is 0 Å². The van der Waals surface area contributed by atoms with E-state index in [9.17, 15) is 0 Å². The van der Waals surface area contributed by atoms with Crippen molar-refractivity contribution in [1.29, 1.82) is 0 Å². The molecule has 3 aromatic heterocycles. The van der Waals surface area contributed by atoms with Gasteiger partial charge in [0.2, 0.25) is 0 Å². The Morgan fingerprint density at radius 3 is 1.38 bits per heavy atom. The summed E-state index contributed by atoms with van der Waals surface area (Å²) in [6, 6.07) is 75.2. The molecule has 5 heteroatoms. The van der Waals surface area contributed by atoms with Gasteiger partial charge in [-0.3, -0.25) is 0 Å². The molecule has 0 saturated heterocycles. The molecule has 3 heterocycles. The van der Waals surface area contributed by atoms with Crippen molar-refractivity contribution in [3.8, 4) is 56.7 Å². The van der Waals surface area contributed by atoms with Gasteiger partial charge >= 0.3 is 0 Å². The molecule has 5 nitrogen and oxygen atoms in total. The highest BCUT2D eigenvalue weighted by molar-refractivity contribution is 6.21. The number of benzene rings is 9. The first kappa shape index (κ1) is 33.9. The Hall–Kier alpha value is -8.15. The molecule has 0 radical (unpaired) electrons. The second-order valence-electron chi connectivity index (χ2n) is 15.3. The topological polar surface area (TPSA) is 48.5 Å². The van der Waals surface area contributed by atoms with E-state index >= 15 is 0 Å². The Kier molecular flexibility index (Phi) is 7.78. The van der Waals surface area contributed by atoms with E-state index in [2.05, 4.69) is 161 Å². The summed E-state index contributed by atoms with van der Waals surface area (Å²) in [5, 5.41) is 7.43. The van der Waals surface area contributed by atoms with Crippen molar-refractivity contribution < 1.29 is 0 Å². The van der Waals surface area contributed by atoms with Crippen molar-refractivity contribution >= 4 is 54.4 Å². The molecule has 0 aliphatic heterocycles. The highest BCUT2D eigenvalue weighted by Gasteiger charge is 2.19. The van der Waals surface area contributed by atoms with Crippen LogP contribution in [0.5, 0.6) is 0 Å². The molecule has 0 aliphatic rings. The third-order valence-corrected chi connectivity index (χ3v) is 11.8. The first-order valence-corrected chi connectivity index (χ1v) is 20.3. The van der Waals surface area contributed by atoms with Gasteiger partial charge in [-0.05, 0) is 88.6 Å². The molecule has 0 atom stereocenters. The highest BCUT2D eigenvalue weighted by atomic mass is 15.0. The third-order valence-electron chi connectivity index (χ3n) is 11.8. The summed E-state index contributed by atoms with van der Waals surface area (Å²) in [5.41, 5.74) is 12.0. The van der Waals surface area contributed by atoms with Crippen LogP contribution in [0.25, 0.3) is 111 Å². The van der Waals surface area contributed by atoms with E-state index in [1.54, 1.807) is 0 Å². The summed E-state index contributed by atoms with van der Waals surface area (Å²) in [6.07, 6.45) is 0. The molecule has 0 unspecified atom stereocenters.